The topological polar surface area (TPSA) is 42.2 Å². The average Bonchev–Trinajstić information content (AvgIpc) is 2.74. The predicted molar refractivity (Wildman–Crippen MR) is 81.5 cm³/mol. The Labute approximate surface area is 118 Å². The van der Waals surface area contributed by atoms with Gasteiger partial charge in [0.2, 0.25) is 0 Å². The molecule has 0 aliphatic heterocycles. The molecular formula is C15H21N3S. The number of hydrogen-bond acceptors (Lipinski definition) is 4. The van der Waals surface area contributed by atoms with Gasteiger partial charge >= 0.3 is 0 Å². The van der Waals surface area contributed by atoms with Crippen molar-refractivity contribution in [2.75, 3.05) is 20.6 Å². The van der Waals surface area contributed by atoms with Gasteiger partial charge < -0.3 is 10.6 Å². The van der Waals surface area contributed by atoms with E-state index in [9.17, 15) is 0 Å². The second-order valence-corrected chi connectivity index (χ2v) is 6.95. The van der Waals surface area contributed by atoms with Crippen LogP contribution >= 0.6 is 11.3 Å². The van der Waals surface area contributed by atoms with Gasteiger partial charge in [-0.3, -0.25) is 0 Å². The van der Waals surface area contributed by atoms with Crippen LogP contribution in [-0.2, 0) is 6.54 Å². The first-order valence-electron chi connectivity index (χ1n) is 6.90. The Hall–Kier alpha value is -0.970. The zero-order valence-corrected chi connectivity index (χ0v) is 12.4. The summed E-state index contributed by atoms with van der Waals surface area (Å²) in [6.07, 6.45) is 2.65. The third-order valence-corrected chi connectivity index (χ3v) is 5.00. The number of rotatable bonds is 4. The lowest BCUT2D eigenvalue weighted by molar-refractivity contribution is 0.200. The normalized spacial score (nSPS) is 22.9. The molecule has 2 aromatic rings. The zero-order chi connectivity index (χ0) is 13.4. The summed E-state index contributed by atoms with van der Waals surface area (Å²) in [7, 11) is 4.32. The fourth-order valence-corrected chi connectivity index (χ4v) is 3.90. The largest absolute Gasteiger partial charge is 0.325 e. The Bertz CT molecular complexity index is 570. The second kappa shape index (κ2) is 5.19. The van der Waals surface area contributed by atoms with Crippen LogP contribution in [0.5, 0.6) is 0 Å². The van der Waals surface area contributed by atoms with Crippen molar-refractivity contribution >= 4 is 21.6 Å². The molecule has 0 amide bonds. The lowest BCUT2D eigenvalue weighted by Gasteiger charge is -2.37. The predicted octanol–water partition coefficient (Wildman–Crippen LogP) is 2.81. The minimum atomic E-state index is 0.545. The lowest BCUT2D eigenvalue weighted by Crippen LogP contribution is -2.31. The zero-order valence-electron chi connectivity index (χ0n) is 11.6. The van der Waals surface area contributed by atoms with Gasteiger partial charge in [-0.15, -0.1) is 11.3 Å². The summed E-state index contributed by atoms with van der Waals surface area (Å²) >= 11 is 1.73. The number of thiazole rings is 1. The molecule has 1 saturated carbocycles. The maximum Gasteiger partial charge on any atom is 0.107 e. The van der Waals surface area contributed by atoms with Crippen LogP contribution in [0.25, 0.3) is 10.2 Å². The number of fused-ring (bicyclic) bond motifs is 1. The molecule has 2 N–H and O–H groups in total. The van der Waals surface area contributed by atoms with E-state index in [-0.39, 0.29) is 0 Å². The summed E-state index contributed by atoms with van der Waals surface area (Å²) in [6, 6.07) is 6.72. The molecule has 0 atom stereocenters. The molecule has 3 rings (SSSR count). The highest BCUT2D eigenvalue weighted by Crippen LogP contribution is 2.42. The van der Waals surface area contributed by atoms with Gasteiger partial charge in [0.15, 0.2) is 0 Å². The van der Waals surface area contributed by atoms with E-state index in [0.29, 0.717) is 6.54 Å². The first-order valence-corrected chi connectivity index (χ1v) is 7.71. The fourth-order valence-electron chi connectivity index (χ4n) is 3.00. The Morgan fingerprint density at radius 2 is 2.16 bits per heavy atom. The van der Waals surface area contributed by atoms with E-state index in [1.54, 1.807) is 11.3 Å². The van der Waals surface area contributed by atoms with E-state index in [4.69, 9.17) is 5.73 Å². The number of aromatic nitrogens is 1. The van der Waals surface area contributed by atoms with Crippen LogP contribution in [0.15, 0.2) is 18.2 Å². The molecule has 1 aliphatic rings. The number of nitrogens with zero attached hydrogens (tertiary/aromatic N) is 2. The Balaban J connectivity index is 1.72. The van der Waals surface area contributed by atoms with Crippen LogP contribution in [0, 0.1) is 5.92 Å². The minimum Gasteiger partial charge on any atom is -0.325 e. The molecule has 0 spiro atoms. The number of benzene rings is 1. The molecular weight excluding hydrogens is 254 g/mol. The summed E-state index contributed by atoms with van der Waals surface area (Å²) in [4.78, 5) is 6.81. The summed E-state index contributed by atoms with van der Waals surface area (Å²) < 4.78 is 1.29. The molecule has 1 aromatic heterocycles. The molecule has 102 valence electrons. The van der Waals surface area contributed by atoms with Gasteiger partial charge in [0.25, 0.3) is 0 Å². The maximum atomic E-state index is 5.66. The van der Waals surface area contributed by atoms with Crippen LogP contribution in [0.1, 0.15) is 29.3 Å². The molecule has 1 aliphatic carbocycles. The van der Waals surface area contributed by atoms with Crippen LogP contribution in [0.2, 0.25) is 0 Å². The summed E-state index contributed by atoms with van der Waals surface area (Å²) in [5.74, 6) is 1.62. The first-order chi connectivity index (χ1) is 9.15. The lowest BCUT2D eigenvalue weighted by atomic mass is 9.71. The molecule has 19 heavy (non-hydrogen) atoms. The van der Waals surface area contributed by atoms with E-state index in [1.165, 1.54) is 29.6 Å². The highest BCUT2D eigenvalue weighted by Gasteiger charge is 2.30. The van der Waals surface area contributed by atoms with Gasteiger partial charge in [0.05, 0.1) is 10.2 Å². The molecule has 0 saturated heterocycles. The molecule has 0 bridgehead atoms. The fraction of sp³-hybridized carbons (Fsp3) is 0.533. The minimum absolute atomic E-state index is 0.545. The van der Waals surface area contributed by atoms with Gasteiger partial charge in [0.1, 0.15) is 5.01 Å². The van der Waals surface area contributed by atoms with E-state index in [1.807, 2.05) is 0 Å². The Morgan fingerprint density at radius 3 is 2.84 bits per heavy atom. The monoisotopic (exact) mass is 275 g/mol. The van der Waals surface area contributed by atoms with Crippen molar-refractivity contribution in [3.8, 4) is 0 Å². The smallest absolute Gasteiger partial charge is 0.107 e. The third-order valence-electron chi connectivity index (χ3n) is 3.96. The van der Waals surface area contributed by atoms with E-state index >= 15 is 0 Å². The van der Waals surface area contributed by atoms with Gasteiger partial charge in [-0.1, -0.05) is 6.07 Å². The number of nitrogens with two attached hydrogens (primary N) is 1. The second-order valence-electron chi connectivity index (χ2n) is 5.84. The summed E-state index contributed by atoms with van der Waals surface area (Å²) in [5.41, 5.74) is 8.23. The molecule has 1 aromatic carbocycles. The van der Waals surface area contributed by atoms with E-state index in [0.717, 1.165) is 22.4 Å². The van der Waals surface area contributed by atoms with Gasteiger partial charge in [-0.05, 0) is 56.5 Å². The number of hydrogen-bond donors (Lipinski definition) is 1. The standard InChI is InChI=1S/C15H21N3S/c1-18(2)9-10-5-12(6-10)11-3-4-13-14(7-11)19-15(8-16)17-13/h3-4,7,10,12H,5-6,8-9,16H2,1-2H3. The molecule has 0 radical (unpaired) electrons. The average molecular weight is 275 g/mol. The highest BCUT2D eigenvalue weighted by atomic mass is 32.1. The summed E-state index contributed by atoms with van der Waals surface area (Å²) in [5, 5.41) is 1.03. The highest BCUT2D eigenvalue weighted by molar-refractivity contribution is 7.18. The quantitative estimate of drug-likeness (QED) is 0.933. The molecule has 4 heteroatoms. The molecule has 0 unspecified atom stereocenters. The van der Waals surface area contributed by atoms with E-state index < -0.39 is 0 Å². The van der Waals surface area contributed by atoms with Crippen LogP contribution in [0.3, 0.4) is 0 Å². The maximum absolute atomic E-state index is 5.66. The first kappa shape index (κ1) is 13.0. The van der Waals surface area contributed by atoms with Crippen molar-refractivity contribution in [2.45, 2.75) is 25.3 Å². The van der Waals surface area contributed by atoms with Gasteiger partial charge in [0, 0.05) is 13.1 Å². The molecule has 1 fully saturated rings. The van der Waals surface area contributed by atoms with Crippen molar-refractivity contribution in [3.05, 3.63) is 28.8 Å². The van der Waals surface area contributed by atoms with E-state index in [2.05, 4.69) is 42.2 Å². The van der Waals surface area contributed by atoms with Crippen molar-refractivity contribution in [3.63, 3.8) is 0 Å². The molecule has 1 heterocycles. The van der Waals surface area contributed by atoms with Crippen LogP contribution < -0.4 is 5.73 Å². The summed E-state index contributed by atoms with van der Waals surface area (Å²) in [6.45, 7) is 1.76. The van der Waals surface area contributed by atoms with Crippen LogP contribution in [0.4, 0.5) is 0 Å². The van der Waals surface area contributed by atoms with Crippen molar-refractivity contribution in [1.82, 2.24) is 9.88 Å². The van der Waals surface area contributed by atoms with Crippen LogP contribution in [-0.4, -0.2) is 30.5 Å². The third kappa shape index (κ3) is 2.66. The van der Waals surface area contributed by atoms with Gasteiger partial charge in [-0.2, -0.15) is 0 Å². The van der Waals surface area contributed by atoms with Crippen molar-refractivity contribution in [2.24, 2.45) is 11.7 Å². The Kier molecular flexibility index (Phi) is 3.56. The SMILES string of the molecule is CN(C)CC1CC(c2ccc3nc(CN)sc3c2)C1. The van der Waals surface area contributed by atoms with Gasteiger partial charge in [-0.25, -0.2) is 4.98 Å². The van der Waals surface area contributed by atoms with Crippen molar-refractivity contribution < 1.29 is 0 Å². The molecule has 3 nitrogen and oxygen atoms in total. The Morgan fingerprint density at radius 1 is 1.37 bits per heavy atom. The van der Waals surface area contributed by atoms with Crippen molar-refractivity contribution in [1.29, 1.82) is 0 Å².